The van der Waals surface area contributed by atoms with E-state index < -0.39 is 40.0 Å². The van der Waals surface area contributed by atoms with E-state index in [4.69, 9.17) is 27.4 Å². The standard InChI is InChI=1S/C14H14OTe.C14H14STe.C13H20O2.C10H14Br2Te.C10H14Cl2Te.C10H14I2Te.C10H14Te.C3H5BrO2/c2*1-11-3-5-12(6-4-11)15-13-7-9-14(16-2)10-8-13;1-2-12(14)15-13-10-4-8-3-9(6-10)7-11(13)5-8;3*1-7-5-9(3)10(6-8(7)2)13(4,11)12;1-7-5-9(3)10(11-4)6-8(7)2;1-6-3(5)2-4/h2*3-10H,1-2H3;8-11,13H,2-7H2,1H3;3*5-6H,1-4H3;5-6H,1-4H3;2H2,1H3. The summed E-state index contributed by atoms with van der Waals surface area (Å²) in [4.78, 5) is 37.6. The number of aryl methyl sites for hydroxylation is 14. The fraction of sp³-hybridized carbons (Fsp3) is 0.405. The Morgan fingerprint density at radius 2 is 0.825 bits per heavy atom. The van der Waals surface area contributed by atoms with E-state index in [0.29, 0.717) is 18.3 Å². The van der Waals surface area contributed by atoms with Crippen molar-refractivity contribution in [2.75, 3.05) is 12.4 Å². The maximum atomic E-state index is 11.4. The Morgan fingerprint density at radius 3 is 1.19 bits per heavy atom. The third-order valence-electron chi connectivity index (χ3n) is 18.2. The van der Waals surface area contributed by atoms with Crippen LogP contribution in [0.25, 0.3) is 0 Å². The van der Waals surface area contributed by atoms with Crippen molar-refractivity contribution in [2.45, 2.75) is 188 Å². The number of benzene rings is 8. The van der Waals surface area contributed by atoms with Crippen molar-refractivity contribution in [2.24, 2.45) is 23.7 Å². The summed E-state index contributed by atoms with van der Waals surface area (Å²) in [6, 6.07) is 52.5. The van der Waals surface area contributed by atoms with Crippen LogP contribution in [0.5, 0.6) is 11.5 Å². The van der Waals surface area contributed by atoms with Gasteiger partial charge in [-0.3, -0.25) is 9.59 Å². The molecule has 0 amide bonds. The third kappa shape index (κ3) is 34.4. The summed E-state index contributed by atoms with van der Waals surface area (Å²) in [6.45, 7) is 32.1. The van der Waals surface area contributed by atoms with Gasteiger partial charge in [-0.25, -0.2) is 0 Å². The molecule has 0 heterocycles. The molecule has 4 saturated carbocycles. The van der Waals surface area contributed by atoms with E-state index in [-0.39, 0.29) is 86.1 Å². The molecule has 12 rings (SSSR count). The van der Waals surface area contributed by atoms with E-state index in [1.807, 2.05) is 47.9 Å². The summed E-state index contributed by atoms with van der Waals surface area (Å²) in [6.07, 6.45) is 7.59. The molecular formula is C84H109Br3Cl2I2O5STe6. The van der Waals surface area contributed by atoms with E-state index in [1.165, 1.54) is 141 Å². The molecule has 8 aromatic carbocycles. The fourth-order valence-electron chi connectivity index (χ4n) is 12.2. The maximum absolute atomic E-state index is 11.4. The molecule has 0 saturated heterocycles. The number of halogens is 7. The van der Waals surface area contributed by atoms with Crippen molar-refractivity contribution in [3.8, 4) is 11.5 Å². The number of methoxy groups -OCH3 is 1. The van der Waals surface area contributed by atoms with E-state index in [0.717, 1.165) is 23.3 Å². The minimum absolute atomic E-state index is 0.00692. The molecule has 4 bridgehead atoms. The topological polar surface area (TPSA) is 61.8 Å². The van der Waals surface area contributed by atoms with Crippen LogP contribution in [-0.4, -0.2) is 133 Å². The molecule has 0 N–H and O–H groups in total. The molecule has 19 heteroatoms. The van der Waals surface area contributed by atoms with Gasteiger partial charge in [0.1, 0.15) is 11.4 Å². The second-order valence-corrected chi connectivity index (χ2v) is 120. The number of ether oxygens (including phenoxy) is 3. The number of hydrogen-bond acceptors (Lipinski definition) is 6. The van der Waals surface area contributed by atoms with E-state index in [2.05, 4.69) is 327 Å². The van der Waals surface area contributed by atoms with Crippen LogP contribution in [0.2, 0.25) is 29.8 Å². The van der Waals surface area contributed by atoms with Crippen molar-refractivity contribution in [3.63, 3.8) is 0 Å². The van der Waals surface area contributed by atoms with Crippen molar-refractivity contribution in [1.82, 2.24) is 0 Å². The zero-order chi connectivity index (χ0) is 77.3. The van der Waals surface area contributed by atoms with Crippen LogP contribution in [0.3, 0.4) is 0 Å². The molecule has 103 heavy (non-hydrogen) atoms. The van der Waals surface area contributed by atoms with Crippen LogP contribution in [0.1, 0.15) is 123 Å². The molecule has 0 unspecified atom stereocenters. The number of carbonyl (C=O) groups is 2. The first-order valence-electron chi connectivity index (χ1n) is 34.2. The van der Waals surface area contributed by atoms with Crippen molar-refractivity contribution in [3.05, 3.63) is 223 Å². The first kappa shape index (κ1) is 96.4. The second-order valence-electron chi connectivity index (χ2n) is 26.8. The molecule has 4 aliphatic carbocycles. The Balaban J connectivity index is 0.000000252. The number of rotatable bonds is 13. The predicted octanol–water partition coefficient (Wildman–Crippen LogP) is 22.8. The van der Waals surface area contributed by atoms with Gasteiger partial charge in [-0.05, 0) is 55.8 Å². The van der Waals surface area contributed by atoms with E-state index >= 15 is 0 Å². The molecule has 0 spiro atoms. The zero-order valence-corrected chi connectivity index (χ0v) is 89.6. The molecule has 0 radical (unpaired) electrons. The molecule has 0 aliphatic heterocycles. The van der Waals surface area contributed by atoms with Crippen molar-refractivity contribution >= 4 is 245 Å². The van der Waals surface area contributed by atoms with Crippen LogP contribution >= 0.6 is 109 Å². The van der Waals surface area contributed by atoms with Crippen LogP contribution in [0.15, 0.2) is 155 Å². The SMILES string of the molecule is CCC(=O)OC1C2CC3CC(C2)CC1C3.COC(=O)CBr.C[Te]c1cc(C)c(C)cc1C.C[Te]c1ccc(Oc2ccc(C)cc2)cc1.C[Te]c1ccc(Sc2ccc(C)cc2)cc1.Cc1cc(C)c([Te](C)(Br)Br)cc1C.Cc1cc(C)c([Te](C)(Cl)Cl)cc1C.Cc1cc(C)c([Te](C)(I)I)cc1C. The molecule has 0 aromatic heterocycles. The molecular weight excluding hydrogens is 2450 g/mol. The second kappa shape index (κ2) is 47.7. The normalized spacial score (nSPS) is 16.5. The Hall–Kier alpha value is 1.07. The van der Waals surface area contributed by atoms with Crippen molar-refractivity contribution < 1.29 is 23.8 Å². The summed E-state index contributed by atoms with van der Waals surface area (Å²) in [7, 11) is 12.1. The first-order chi connectivity index (χ1) is 48.2. The summed E-state index contributed by atoms with van der Waals surface area (Å²) in [5.74, 6) is 4.91. The van der Waals surface area contributed by atoms with Gasteiger partial charge in [-0.2, -0.15) is 0 Å². The molecule has 566 valence electrons. The Labute approximate surface area is 716 Å². The molecule has 8 aromatic rings. The fourth-order valence-corrected chi connectivity index (χ4v) is 39.5. The van der Waals surface area contributed by atoms with Crippen LogP contribution < -0.4 is 26.4 Å². The van der Waals surface area contributed by atoms with Gasteiger partial charge in [-0.15, -0.1) is 0 Å². The van der Waals surface area contributed by atoms with E-state index in [1.54, 1.807) is 7.22 Å². The number of hydrogen-bond donors (Lipinski definition) is 0. The summed E-state index contributed by atoms with van der Waals surface area (Å²) >= 11 is 13.1. The molecule has 4 fully saturated rings. The predicted molar refractivity (Wildman–Crippen MR) is 490 cm³/mol. The third-order valence-corrected chi connectivity index (χ3v) is 50.1. The van der Waals surface area contributed by atoms with Gasteiger partial charge < -0.3 is 9.47 Å². The van der Waals surface area contributed by atoms with Crippen LogP contribution in [0.4, 0.5) is 0 Å². The summed E-state index contributed by atoms with van der Waals surface area (Å²) in [5.41, 5.74) is 19.2. The average molecular weight is 2560 g/mol. The Bertz CT molecular complexity index is 3690. The van der Waals surface area contributed by atoms with Gasteiger partial charge in [-0.1, -0.05) is 22.9 Å². The first-order valence-corrected chi connectivity index (χ1v) is 87.1. The molecule has 4 aliphatic rings. The van der Waals surface area contributed by atoms with Gasteiger partial charge in [0.05, 0.1) is 7.11 Å². The van der Waals surface area contributed by atoms with Gasteiger partial charge in [0.15, 0.2) is 0 Å². The number of alkyl halides is 1. The number of carbonyl (C=O) groups excluding carboxylic acids is 2. The van der Waals surface area contributed by atoms with Gasteiger partial charge in [0.2, 0.25) is 0 Å². The summed E-state index contributed by atoms with van der Waals surface area (Å²) < 4.78 is 24.5. The average Bonchev–Trinajstić information content (AvgIpc) is 0.770. The monoisotopic (exact) mass is 2570 g/mol. The van der Waals surface area contributed by atoms with Gasteiger partial charge in [0.25, 0.3) is 0 Å². The Kier molecular flexibility index (Phi) is 44.6. The van der Waals surface area contributed by atoms with Crippen LogP contribution in [-0.2, 0) is 19.1 Å². The summed E-state index contributed by atoms with van der Waals surface area (Å²) in [5, 5.41) is 0.281. The molecule has 5 nitrogen and oxygen atoms in total. The minimum atomic E-state index is -2.70. The van der Waals surface area contributed by atoms with E-state index in [9.17, 15) is 9.59 Å². The zero-order valence-electron chi connectivity index (χ0n) is 64.2. The van der Waals surface area contributed by atoms with Crippen molar-refractivity contribution in [1.29, 1.82) is 0 Å². The molecule has 0 atom stereocenters. The Morgan fingerprint density at radius 1 is 0.476 bits per heavy atom. The van der Waals surface area contributed by atoms with Crippen LogP contribution in [0, 0.1) is 121 Å². The van der Waals surface area contributed by atoms with Gasteiger partial charge in [0, 0.05) is 6.42 Å². The van der Waals surface area contributed by atoms with Gasteiger partial charge >= 0.3 is 605 Å². The quantitative estimate of drug-likeness (QED) is 0.0496. The number of esters is 2.